The predicted octanol–water partition coefficient (Wildman–Crippen LogP) is 2.12. The Labute approximate surface area is 140 Å². The average molecular weight is 322 g/mol. The molecule has 0 atom stereocenters. The van der Waals surface area contributed by atoms with E-state index in [0.29, 0.717) is 23.8 Å². The number of rotatable bonds is 5. The molecule has 2 heterocycles. The Morgan fingerprint density at radius 1 is 1.38 bits per heavy atom. The third kappa shape index (κ3) is 3.60. The number of carbonyl (C=O) groups is 1. The Balaban J connectivity index is 1.82. The third-order valence-electron chi connectivity index (χ3n) is 3.60. The first-order valence-corrected chi connectivity index (χ1v) is 7.58. The second-order valence-corrected chi connectivity index (χ2v) is 5.31. The van der Waals surface area contributed by atoms with Crippen molar-refractivity contribution in [1.82, 2.24) is 20.6 Å². The molecule has 0 unspecified atom stereocenters. The van der Waals surface area contributed by atoms with Crippen LogP contribution in [0.1, 0.15) is 12.1 Å². The maximum absolute atomic E-state index is 11.4. The molecule has 0 saturated carbocycles. The number of benzene rings is 1. The van der Waals surface area contributed by atoms with Gasteiger partial charge < -0.3 is 15.4 Å². The number of nitrogens with zero attached hydrogens (tertiary/aromatic N) is 2. The van der Waals surface area contributed by atoms with E-state index in [4.69, 9.17) is 4.74 Å². The molecule has 2 N–H and O–H groups in total. The van der Waals surface area contributed by atoms with Crippen molar-refractivity contribution in [2.24, 2.45) is 0 Å². The predicted molar refractivity (Wildman–Crippen MR) is 91.9 cm³/mol. The fourth-order valence-electron chi connectivity index (χ4n) is 2.39. The van der Waals surface area contributed by atoms with Crippen LogP contribution in [0.2, 0.25) is 0 Å². The van der Waals surface area contributed by atoms with E-state index in [1.165, 1.54) is 0 Å². The molecule has 0 aliphatic carbocycles. The van der Waals surface area contributed by atoms with Crippen LogP contribution in [0, 0.1) is 0 Å². The Hall–Kier alpha value is -3.15. The highest BCUT2D eigenvalue weighted by Crippen LogP contribution is 2.21. The fourth-order valence-corrected chi connectivity index (χ4v) is 2.39. The minimum absolute atomic E-state index is 0.101. The second-order valence-electron chi connectivity index (χ2n) is 5.31. The summed E-state index contributed by atoms with van der Waals surface area (Å²) in [5.41, 5.74) is 2.99. The van der Waals surface area contributed by atoms with E-state index >= 15 is 0 Å². The molecule has 1 aromatic heterocycles. The molecule has 0 radical (unpaired) electrons. The van der Waals surface area contributed by atoms with Gasteiger partial charge in [0.15, 0.2) is 5.82 Å². The van der Waals surface area contributed by atoms with E-state index in [0.717, 1.165) is 23.4 Å². The van der Waals surface area contributed by atoms with Crippen LogP contribution in [0.3, 0.4) is 0 Å². The lowest BCUT2D eigenvalue weighted by molar-refractivity contribution is -0.116. The van der Waals surface area contributed by atoms with Gasteiger partial charge in [-0.2, -0.15) is 0 Å². The number of carbonyl (C=O) groups excluding carboxylic acids is 1. The van der Waals surface area contributed by atoms with Crippen LogP contribution in [0.5, 0.6) is 5.75 Å². The van der Waals surface area contributed by atoms with Crippen LogP contribution in [0.4, 0.5) is 0 Å². The van der Waals surface area contributed by atoms with Crippen LogP contribution >= 0.6 is 0 Å². The second kappa shape index (κ2) is 6.95. The highest BCUT2D eigenvalue weighted by atomic mass is 16.5. The van der Waals surface area contributed by atoms with Crippen molar-refractivity contribution in [2.75, 3.05) is 13.7 Å². The van der Waals surface area contributed by atoms with Crippen LogP contribution < -0.4 is 15.4 Å². The number of nitrogens with one attached hydrogen (secondary N) is 2. The minimum atomic E-state index is -0.101. The summed E-state index contributed by atoms with van der Waals surface area (Å²) in [5.74, 6) is 1.23. The van der Waals surface area contributed by atoms with Crippen molar-refractivity contribution >= 4 is 11.6 Å². The van der Waals surface area contributed by atoms with Gasteiger partial charge in [0.05, 0.1) is 18.5 Å². The van der Waals surface area contributed by atoms with Crippen LogP contribution in [0.15, 0.2) is 54.9 Å². The zero-order chi connectivity index (χ0) is 16.9. The molecule has 24 heavy (non-hydrogen) atoms. The lowest BCUT2D eigenvalue weighted by atomic mass is 10.2. The van der Waals surface area contributed by atoms with Crippen molar-refractivity contribution in [2.45, 2.75) is 6.42 Å². The summed E-state index contributed by atoms with van der Waals surface area (Å²) in [7, 11) is 1.62. The number of amides is 1. The smallest absolute Gasteiger partial charge is 0.245 e. The van der Waals surface area contributed by atoms with Gasteiger partial charge in [-0.05, 0) is 18.2 Å². The van der Waals surface area contributed by atoms with E-state index in [1.807, 2.05) is 24.3 Å². The topological polar surface area (TPSA) is 76.1 Å². The Kier molecular flexibility index (Phi) is 4.56. The molecule has 1 amide bonds. The summed E-state index contributed by atoms with van der Waals surface area (Å²) < 4.78 is 5.23. The van der Waals surface area contributed by atoms with Gasteiger partial charge in [0.2, 0.25) is 5.91 Å². The molecule has 2 aromatic rings. The molecular weight excluding hydrogens is 304 g/mol. The SMILES string of the molecule is C=C(NC1=CC(=O)NCC1)c1ccnc(-c2cccc(OC)c2)n1. The van der Waals surface area contributed by atoms with Crippen LogP contribution in [-0.4, -0.2) is 29.5 Å². The molecule has 6 heteroatoms. The largest absolute Gasteiger partial charge is 0.497 e. The average Bonchev–Trinajstić information content (AvgIpc) is 2.62. The molecule has 3 rings (SSSR count). The molecule has 0 spiro atoms. The van der Waals surface area contributed by atoms with Crippen molar-refractivity contribution in [1.29, 1.82) is 0 Å². The minimum Gasteiger partial charge on any atom is -0.497 e. The number of hydrogen-bond donors (Lipinski definition) is 2. The van der Waals surface area contributed by atoms with E-state index < -0.39 is 0 Å². The number of methoxy groups -OCH3 is 1. The van der Waals surface area contributed by atoms with Gasteiger partial charge in [-0.1, -0.05) is 18.7 Å². The van der Waals surface area contributed by atoms with Crippen molar-refractivity contribution in [3.8, 4) is 17.1 Å². The zero-order valence-corrected chi connectivity index (χ0v) is 13.4. The first-order chi connectivity index (χ1) is 11.7. The van der Waals surface area contributed by atoms with Crippen LogP contribution in [0.25, 0.3) is 17.1 Å². The van der Waals surface area contributed by atoms with Gasteiger partial charge in [0, 0.05) is 36.5 Å². The first kappa shape index (κ1) is 15.7. The monoisotopic (exact) mass is 322 g/mol. The number of aromatic nitrogens is 2. The van der Waals surface area contributed by atoms with Gasteiger partial charge >= 0.3 is 0 Å². The van der Waals surface area contributed by atoms with Gasteiger partial charge in [-0.15, -0.1) is 0 Å². The summed E-state index contributed by atoms with van der Waals surface area (Å²) in [4.78, 5) is 20.3. The van der Waals surface area contributed by atoms with E-state index in [-0.39, 0.29) is 5.91 Å². The van der Waals surface area contributed by atoms with Gasteiger partial charge in [-0.3, -0.25) is 4.79 Å². The molecule has 0 bridgehead atoms. The summed E-state index contributed by atoms with van der Waals surface area (Å²) in [5, 5.41) is 5.90. The molecule has 1 aromatic carbocycles. The molecule has 0 saturated heterocycles. The first-order valence-electron chi connectivity index (χ1n) is 7.58. The number of hydrogen-bond acceptors (Lipinski definition) is 5. The Morgan fingerprint density at radius 2 is 2.25 bits per heavy atom. The molecular formula is C18H18N4O2. The zero-order valence-electron chi connectivity index (χ0n) is 13.4. The number of ether oxygens (including phenoxy) is 1. The standard InChI is InChI=1S/C18H18N4O2/c1-12(21-14-6-8-19-17(23)11-14)16-7-9-20-18(22-16)13-4-3-5-15(10-13)24-2/h3-5,7,9-11,21H,1,6,8H2,2H3,(H,19,23). The maximum Gasteiger partial charge on any atom is 0.245 e. The molecule has 6 nitrogen and oxygen atoms in total. The summed E-state index contributed by atoms with van der Waals surface area (Å²) >= 11 is 0. The van der Waals surface area contributed by atoms with Gasteiger partial charge in [0.1, 0.15) is 5.75 Å². The van der Waals surface area contributed by atoms with Crippen molar-refractivity contribution in [3.05, 3.63) is 60.6 Å². The Bertz CT molecular complexity index is 814. The molecule has 1 aliphatic heterocycles. The normalized spacial score (nSPS) is 13.7. The fraction of sp³-hybridized carbons (Fsp3) is 0.167. The highest BCUT2D eigenvalue weighted by molar-refractivity contribution is 5.89. The lowest BCUT2D eigenvalue weighted by Gasteiger charge is -2.17. The summed E-state index contributed by atoms with van der Waals surface area (Å²) in [6.45, 7) is 4.63. The molecule has 122 valence electrons. The van der Waals surface area contributed by atoms with Gasteiger partial charge in [-0.25, -0.2) is 9.97 Å². The summed E-state index contributed by atoms with van der Waals surface area (Å²) in [6.07, 6.45) is 3.96. The van der Waals surface area contributed by atoms with E-state index in [1.54, 1.807) is 25.4 Å². The highest BCUT2D eigenvalue weighted by Gasteiger charge is 2.11. The maximum atomic E-state index is 11.4. The Morgan fingerprint density at radius 3 is 3.04 bits per heavy atom. The van der Waals surface area contributed by atoms with Gasteiger partial charge in [0.25, 0.3) is 0 Å². The van der Waals surface area contributed by atoms with Crippen LogP contribution in [-0.2, 0) is 4.79 Å². The summed E-state index contributed by atoms with van der Waals surface area (Å²) in [6, 6.07) is 9.34. The third-order valence-corrected chi connectivity index (χ3v) is 3.60. The quantitative estimate of drug-likeness (QED) is 0.882. The van der Waals surface area contributed by atoms with E-state index in [9.17, 15) is 4.79 Å². The van der Waals surface area contributed by atoms with E-state index in [2.05, 4.69) is 27.2 Å². The molecule has 0 fully saturated rings. The van der Waals surface area contributed by atoms with Crippen molar-refractivity contribution in [3.63, 3.8) is 0 Å². The van der Waals surface area contributed by atoms with Crippen molar-refractivity contribution < 1.29 is 9.53 Å². The lowest BCUT2D eigenvalue weighted by Crippen LogP contribution is -2.30. The molecule has 1 aliphatic rings.